The lowest BCUT2D eigenvalue weighted by atomic mass is 10.1. The Kier molecular flexibility index (Phi) is 5.85. The summed E-state index contributed by atoms with van der Waals surface area (Å²) in [5.41, 5.74) is 0.905. The summed E-state index contributed by atoms with van der Waals surface area (Å²) < 4.78 is 0. The smallest absolute Gasteiger partial charge is 0.353 e. The fourth-order valence-corrected chi connectivity index (χ4v) is 2.07. The van der Waals surface area contributed by atoms with Gasteiger partial charge in [0.05, 0.1) is 4.92 Å². The van der Waals surface area contributed by atoms with Crippen molar-refractivity contribution < 1.29 is 4.92 Å². The summed E-state index contributed by atoms with van der Waals surface area (Å²) in [6.45, 7) is 5.30. The van der Waals surface area contributed by atoms with E-state index in [1.54, 1.807) is 0 Å². The Morgan fingerprint density at radius 2 is 1.78 bits per heavy atom. The summed E-state index contributed by atoms with van der Waals surface area (Å²) in [4.78, 5) is 19.0. The number of anilines is 2. The van der Waals surface area contributed by atoms with E-state index >= 15 is 0 Å². The van der Waals surface area contributed by atoms with Crippen molar-refractivity contribution in [3.05, 3.63) is 52.3 Å². The summed E-state index contributed by atoms with van der Waals surface area (Å²) in [6, 6.07) is 9.66. The van der Waals surface area contributed by atoms with Gasteiger partial charge in [0.1, 0.15) is 6.33 Å². The quantitative estimate of drug-likeness (QED) is 0.572. The molecule has 0 fully saturated rings. The molecular weight excluding hydrogens is 294 g/mol. The number of hydrogen-bond acceptors (Lipinski definition) is 6. The van der Waals surface area contributed by atoms with Crippen LogP contribution in [-0.4, -0.2) is 21.4 Å². The van der Waals surface area contributed by atoms with Gasteiger partial charge in [0.2, 0.25) is 11.6 Å². The molecule has 0 saturated heterocycles. The van der Waals surface area contributed by atoms with Crippen LogP contribution in [0.15, 0.2) is 36.7 Å². The number of nitrogens with zero attached hydrogens (tertiary/aromatic N) is 3. The number of rotatable bonds is 8. The van der Waals surface area contributed by atoms with Crippen molar-refractivity contribution >= 4 is 17.3 Å². The zero-order valence-corrected chi connectivity index (χ0v) is 13.3. The Bertz CT molecular complexity index is 646. The highest BCUT2D eigenvalue weighted by Gasteiger charge is 2.22. The third-order valence-corrected chi connectivity index (χ3v) is 3.32. The lowest BCUT2D eigenvalue weighted by molar-refractivity contribution is -0.383. The van der Waals surface area contributed by atoms with Crippen LogP contribution < -0.4 is 10.6 Å². The topological polar surface area (TPSA) is 93.0 Å². The second-order valence-corrected chi connectivity index (χ2v) is 5.63. The van der Waals surface area contributed by atoms with E-state index in [-0.39, 0.29) is 17.3 Å². The van der Waals surface area contributed by atoms with Crippen molar-refractivity contribution in [1.29, 1.82) is 0 Å². The zero-order valence-electron chi connectivity index (χ0n) is 13.3. The Balaban J connectivity index is 2.13. The van der Waals surface area contributed by atoms with Gasteiger partial charge in [-0.3, -0.25) is 10.1 Å². The minimum atomic E-state index is -0.453. The third kappa shape index (κ3) is 4.91. The van der Waals surface area contributed by atoms with Gasteiger partial charge in [-0.1, -0.05) is 44.2 Å². The van der Waals surface area contributed by atoms with Gasteiger partial charge in [0, 0.05) is 13.1 Å². The van der Waals surface area contributed by atoms with Gasteiger partial charge in [-0.2, -0.15) is 0 Å². The monoisotopic (exact) mass is 315 g/mol. The Hall–Kier alpha value is -2.70. The van der Waals surface area contributed by atoms with Gasteiger partial charge in [0.15, 0.2) is 0 Å². The van der Waals surface area contributed by atoms with E-state index in [0.29, 0.717) is 19.0 Å². The molecule has 0 radical (unpaired) electrons. The molecule has 0 spiro atoms. The van der Waals surface area contributed by atoms with Gasteiger partial charge in [0.25, 0.3) is 0 Å². The molecule has 1 heterocycles. The highest BCUT2D eigenvalue weighted by molar-refractivity contribution is 5.69. The lowest BCUT2D eigenvalue weighted by Gasteiger charge is -2.11. The minimum absolute atomic E-state index is 0.118. The van der Waals surface area contributed by atoms with E-state index < -0.39 is 4.92 Å². The predicted octanol–water partition coefficient (Wildman–Crippen LogP) is 3.45. The first kappa shape index (κ1) is 16.7. The van der Waals surface area contributed by atoms with E-state index in [4.69, 9.17) is 0 Å². The summed E-state index contributed by atoms with van der Waals surface area (Å²) in [6.07, 6.45) is 2.24. The molecule has 0 unspecified atom stereocenters. The molecule has 0 aliphatic rings. The summed E-state index contributed by atoms with van der Waals surface area (Å²) in [5, 5.41) is 17.4. The molecule has 2 rings (SSSR count). The molecule has 0 aliphatic heterocycles. The fourth-order valence-electron chi connectivity index (χ4n) is 2.07. The van der Waals surface area contributed by atoms with Crippen molar-refractivity contribution in [2.24, 2.45) is 5.92 Å². The SMILES string of the molecule is CC(C)CCNc1ncnc(NCc2ccccc2)c1[N+](=O)[O-]. The predicted molar refractivity (Wildman–Crippen MR) is 90.4 cm³/mol. The standard InChI is InChI=1S/C16H21N5O2/c1-12(2)8-9-17-15-14(21(22)23)16(20-11-19-15)18-10-13-6-4-3-5-7-13/h3-7,11-12H,8-10H2,1-2H3,(H2,17,18,19,20). The number of nitrogens with one attached hydrogen (secondary N) is 2. The fraction of sp³-hybridized carbons (Fsp3) is 0.375. The van der Waals surface area contributed by atoms with Gasteiger partial charge in [-0.05, 0) is 17.9 Å². The van der Waals surface area contributed by atoms with Crippen LogP contribution in [0.3, 0.4) is 0 Å². The van der Waals surface area contributed by atoms with Crippen LogP contribution >= 0.6 is 0 Å². The summed E-state index contributed by atoms with van der Waals surface area (Å²) in [7, 11) is 0. The second kappa shape index (κ2) is 8.07. The largest absolute Gasteiger partial charge is 0.364 e. The van der Waals surface area contributed by atoms with Crippen molar-refractivity contribution in [2.45, 2.75) is 26.8 Å². The average molecular weight is 315 g/mol. The van der Waals surface area contributed by atoms with Crippen LogP contribution in [-0.2, 0) is 6.54 Å². The zero-order chi connectivity index (χ0) is 16.7. The first-order valence-electron chi connectivity index (χ1n) is 7.59. The summed E-state index contributed by atoms with van der Waals surface area (Å²) >= 11 is 0. The molecule has 0 aliphatic carbocycles. The molecule has 0 saturated carbocycles. The second-order valence-electron chi connectivity index (χ2n) is 5.63. The van der Waals surface area contributed by atoms with Crippen LogP contribution in [0.5, 0.6) is 0 Å². The third-order valence-electron chi connectivity index (χ3n) is 3.32. The van der Waals surface area contributed by atoms with E-state index in [1.807, 2.05) is 30.3 Å². The van der Waals surface area contributed by atoms with Gasteiger partial charge in [-0.25, -0.2) is 9.97 Å². The molecule has 7 heteroatoms. The molecular formula is C16H21N5O2. The van der Waals surface area contributed by atoms with E-state index in [9.17, 15) is 10.1 Å². The van der Waals surface area contributed by atoms with Crippen LogP contribution in [0.25, 0.3) is 0 Å². The minimum Gasteiger partial charge on any atom is -0.364 e. The molecule has 0 amide bonds. The van der Waals surface area contributed by atoms with Gasteiger partial charge >= 0.3 is 5.69 Å². The van der Waals surface area contributed by atoms with Crippen molar-refractivity contribution in [3.8, 4) is 0 Å². The highest BCUT2D eigenvalue weighted by atomic mass is 16.6. The number of aromatic nitrogens is 2. The molecule has 122 valence electrons. The highest BCUT2D eigenvalue weighted by Crippen LogP contribution is 2.29. The number of nitro groups is 1. The Morgan fingerprint density at radius 1 is 1.13 bits per heavy atom. The Morgan fingerprint density at radius 3 is 2.39 bits per heavy atom. The van der Waals surface area contributed by atoms with E-state index in [0.717, 1.165) is 12.0 Å². The van der Waals surface area contributed by atoms with Crippen LogP contribution in [0.1, 0.15) is 25.8 Å². The first-order valence-corrected chi connectivity index (χ1v) is 7.59. The van der Waals surface area contributed by atoms with Crippen LogP contribution in [0, 0.1) is 16.0 Å². The maximum Gasteiger partial charge on any atom is 0.353 e. The number of hydrogen-bond donors (Lipinski definition) is 2. The van der Waals surface area contributed by atoms with Crippen molar-refractivity contribution in [1.82, 2.24) is 9.97 Å². The van der Waals surface area contributed by atoms with Gasteiger partial charge in [-0.15, -0.1) is 0 Å². The van der Waals surface area contributed by atoms with Crippen molar-refractivity contribution in [3.63, 3.8) is 0 Å². The molecule has 0 atom stereocenters. The van der Waals surface area contributed by atoms with E-state index in [2.05, 4.69) is 34.4 Å². The number of benzene rings is 1. The van der Waals surface area contributed by atoms with Crippen LogP contribution in [0.2, 0.25) is 0 Å². The van der Waals surface area contributed by atoms with Gasteiger partial charge < -0.3 is 10.6 Å². The molecule has 2 N–H and O–H groups in total. The molecule has 0 bridgehead atoms. The lowest BCUT2D eigenvalue weighted by Crippen LogP contribution is -2.11. The van der Waals surface area contributed by atoms with E-state index in [1.165, 1.54) is 6.33 Å². The molecule has 2 aromatic rings. The first-order chi connectivity index (χ1) is 11.1. The molecule has 7 nitrogen and oxygen atoms in total. The maximum atomic E-state index is 11.4. The van der Waals surface area contributed by atoms with Crippen molar-refractivity contribution in [2.75, 3.05) is 17.2 Å². The normalized spacial score (nSPS) is 10.6. The average Bonchev–Trinajstić information content (AvgIpc) is 2.53. The molecule has 23 heavy (non-hydrogen) atoms. The maximum absolute atomic E-state index is 11.4. The summed E-state index contributed by atoms with van der Waals surface area (Å²) in [5.74, 6) is 0.987. The molecule has 1 aromatic carbocycles. The van der Waals surface area contributed by atoms with Crippen LogP contribution in [0.4, 0.5) is 17.3 Å². The molecule has 1 aromatic heterocycles. The Labute approximate surface area is 135 Å².